The summed E-state index contributed by atoms with van der Waals surface area (Å²) in [6.07, 6.45) is 3.14. The first-order valence-electron chi connectivity index (χ1n) is 6.71. The first-order valence-corrected chi connectivity index (χ1v) is 6.71. The lowest BCUT2D eigenvalue weighted by molar-refractivity contribution is -0.118. The first kappa shape index (κ1) is 14.0. The second-order valence-corrected chi connectivity index (χ2v) is 4.65. The number of anilines is 2. The zero-order valence-electron chi connectivity index (χ0n) is 11.3. The molecule has 20 heavy (non-hydrogen) atoms. The van der Waals surface area contributed by atoms with E-state index in [9.17, 15) is 4.79 Å². The molecule has 106 valence electrons. The monoisotopic (exact) mass is 273 g/mol. The smallest absolute Gasteiger partial charge is 0.225 e. The molecule has 0 saturated heterocycles. The molecule has 5 N–H and O–H groups in total. The van der Waals surface area contributed by atoms with Gasteiger partial charge in [-0.2, -0.15) is 4.98 Å². The maximum absolute atomic E-state index is 10.6. The lowest BCUT2D eigenvalue weighted by Crippen LogP contribution is -2.10. The van der Waals surface area contributed by atoms with Crippen molar-refractivity contribution in [1.29, 1.82) is 0 Å². The Balaban J connectivity index is 1.86. The Kier molecular flexibility index (Phi) is 4.70. The number of carbonyl (C=O) groups excluding carboxylic acids is 1. The summed E-state index contributed by atoms with van der Waals surface area (Å²) in [5.74, 6) is 0.770. The fourth-order valence-electron chi connectivity index (χ4n) is 1.98. The van der Waals surface area contributed by atoms with Gasteiger partial charge in [0.05, 0.1) is 5.52 Å². The standard InChI is InChI=1S/C14H19N5O/c15-12(20)8-2-1-5-9-17-14-18-11-7-4-3-6-10(11)13(16)19-14/h3-4,6-7H,1-2,5,8-9H2,(H2,15,20)(H3,16,17,18,19). The van der Waals surface area contributed by atoms with E-state index in [2.05, 4.69) is 15.3 Å². The number of amides is 1. The normalized spacial score (nSPS) is 10.6. The van der Waals surface area contributed by atoms with E-state index in [1.165, 1.54) is 0 Å². The number of carbonyl (C=O) groups is 1. The molecule has 1 heterocycles. The second kappa shape index (κ2) is 6.70. The Morgan fingerprint density at radius 1 is 1.15 bits per heavy atom. The lowest BCUT2D eigenvalue weighted by atomic mass is 10.2. The number of para-hydroxylation sites is 1. The van der Waals surface area contributed by atoms with E-state index < -0.39 is 0 Å². The number of aromatic nitrogens is 2. The SMILES string of the molecule is NC(=O)CCCCCNc1nc(N)c2ccccc2n1. The Morgan fingerprint density at radius 2 is 1.95 bits per heavy atom. The van der Waals surface area contributed by atoms with Crippen molar-refractivity contribution in [3.8, 4) is 0 Å². The molecule has 0 fully saturated rings. The van der Waals surface area contributed by atoms with Gasteiger partial charge in [-0.25, -0.2) is 4.98 Å². The summed E-state index contributed by atoms with van der Waals surface area (Å²) in [6.45, 7) is 0.747. The number of nitrogens with two attached hydrogens (primary N) is 2. The Bertz CT molecular complexity index is 599. The topological polar surface area (TPSA) is 107 Å². The van der Waals surface area contributed by atoms with Crippen LogP contribution in [0.5, 0.6) is 0 Å². The molecule has 0 unspecified atom stereocenters. The lowest BCUT2D eigenvalue weighted by Gasteiger charge is -2.07. The summed E-state index contributed by atoms with van der Waals surface area (Å²) in [5.41, 5.74) is 11.8. The molecule has 6 heteroatoms. The summed E-state index contributed by atoms with van der Waals surface area (Å²) in [6, 6.07) is 7.64. The van der Waals surface area contributed by atoms with E-state index in [1.807, 2.05) is 24.3 Å². The average Bonchev–Trinajstić information content (AvgIpc) is 2.42. The van der Waals surface area contributed by atoms with Crippen LogP contribution in [0.25, 0.3) is 10.9 Å². The van der Waals surface area contributed by atoms with E-state index in [1.54, 1.807) is 0 Å². The minimum atomic E-state index is -0.247. The zero-order chi connectivity index (χ0) is 14.4. The summed E-state index contributed by atoms with van der Waals surface area (Å²) in [7, 11) is 0. The number of primary amides is 1. The highest BCUT2D eigenvalue weighted by Crippen LogP contribution is 2.18. The number of rotatable bonds is 7. The van der Waals surface area contributed by atoms with E-state index in [0.717, 1.165) is 36.7 Å². The third-order valence-electron chi connectivity index (χ3n) is 3.02. The number of benzene rings is 1. The van der Waals surface area contributed by atoms with Gasteiger partial charge in [0.1, 0.15) is 5.82 Å². The van der Waals surface area contributed by atoms with Crippen LogP contribution >= 0.6 is 0 Å². The summed E-state index contributed by atoms with van der Waals surface area (Å²) in [4.78, 5) is 19.2. The molecule has 1 amide bonds. The molecule has 6 nitrogen and oxygen atoms in total. The predicted molar refractivity (Wildman–Crippen MR) is 80.1 cm³/mol. The van der Waals surface area contributed by atoms with Gasteiger partial charge in [-0.05, 0) is 25.0 Å². The summed E-state index contributed by atoms with van der Waals surface area (Å²) < 4.78 is 0. The van der Waals surface area contributed by atoms with Gasteiger partial charge in [0.2, 0.25) is 11.9 Å². The number of nitrogens with zero attached hydrogens (tertiary/aromatic N) is 2. The molecule has 0 aliphatic carbocycles. The third kappa shape index (κ3) is 3.81. The highest BCUT2D eigenvalue weighted by atomic mass is 16.1. The predicted octanol–water partition coefficient (Wildman–Crippen LogP) is 1.67. The fraction of sp³-hybridized carbons (Fsp3) is 0.357. The molecule has 0 atom stereocenters. The van der Waals surface area contributed by atoms with Crippen molar-refractivity contribution in [2.24, 2.45) is 5.73 Å². The number of unbranched alkanes of at least 4 members (excludes halogenated alkanes) is 2. The van der Waals surface area contributed by atoms with Gasteiger partial charge in [-0.1, -0.05) is 18.6 Å². The van der Waals surface area contributed by atoms with Crippen LogP contribution < -0.4 is 16.8 Å². The van der Waals surface area contributed by atoms with Crippen LogP contribution in [-0.4, -0.2) is 22.4 Å². The van der Waals surface area contributed by atoms with Crippen LogP contribution in [0.3, 0.4) is 0 Å². The van der Waals surface area contributed by atoms with Gasteiger partial charge >= 0.3 is 0 Å². The van der Waals surface area contributed by atoms with E-state index >= 15 is 0 Å². The number of nitrogens with one attached hydrogen (secondary N) is 1. The van der Waals surface area contributed by atoms with Crippen LogP contribution in [0.2, 0.25) is 0 Å². The highest BCUT2D eigenvalue weighted by molar-refractivity contribution is 5.88. The highest BCUT2D eigenvalue weighted by Gasteiger charge is 2.03. The van der Waals surface area contributed by atoms with E-state index in [4.69, 9.17) is 11.5 Å². The van der Waals surface area contributed by atoms with Crippen LogP contribution in [0.1, 0.15) is 25.7 Å². The Hall–Kier alpha value is -2.37. The molecule has 1 aromatic carbocycles. The number of fused-ring (bicyclic) bond motifs is 1. The van der Waals surface area contributed by atoms with Crippen molar-refractivity contribution < 1.29 is 4.79 Å². The third-order valence-corrected chi connectivity index (χ3v) is 3.02. The van der Waals surface area contributed by atoms with Gasteiger partial charge in [0.25, 0.3) is 0 Å². The van der Waals surface area contributed by atoms with Crippen molar-refractivity contribution in [3.63, 3.8) is 0 Å². The van der Waals surface area contributed by atoms with Crippen LogP contribution in [0.4, 0.5) is 11.8 Å². The van der Waals surface area contributed by atoms with Gasteiger partial charge in [0.15, 0.2) is 0 Å². The maximum atomic E-state index is 10.6. The molecule has 1 aromatic heterocycles. The number of hydrogen-bond acceptors (Lipinski definition) is 5. The van der Waals surface area contributed by atoms with Gasteiger partial charge in [0, 0.05) is 18.4 Å². The van der Waals surface area contributed by atoms with Gasteiger partial charge < -0.3 is 16.8 Å². The largest absolute Gasteiger partial charge is 0.383 e. The quantitative estimate of drug-likeness (QED) is 0.665. The minimum Gasteiger partial charge on any atom is -0.383 e. The van der Waals surface area contributed by atoms with Crippen LogP contribution in [0.15, 0.2) is 24.3 Å². The number of nitrogen functional groups attached to an aromatic ring is 1. The molecule has 0 saturated carbocycles. The summed E-state index contributed by atoms with van der Waals surface area (Å²) >= 11 is 0. The fourth-order valence-corrected chi connectivity index (χ4v) is 1.98. The second-order valence-electron chi connectivity index (χ2n) is 4.65. The molecular formula is C14H19N5O. The van der Waals surface area contributed by atoms with Gasteiger partial charge in [-0.3, -0.25) is 4.79 Å². The zero-order valence-corrected chi connectivity index (χ0v) is 11.3. The minimum absolute atomic E-state index is 0.247. The van der Waals surface area contributed by atoms with Crippen molar-refractivity contribution in [2.45, 2.75) is 25.7 Å². The first-order chi connectivity index (χ1) is 9.66. The van der Waals surface area contributed by atoms with E-state index in [0.29, 0.717) is 18.2 Å². The molecule has 0 aliphatic heterocycles. The molecular weight excluding hydrogens is 254 g/mol. The number of hydrogen-bond donors (Lipinski definition) is 3. The molecule has 0 spiro atoms. The van der Waals surface area contributed by atoms with E-state index in [-0.39, 0.29) is 5.91 Å². The Labute approximate surface area is 117 Å². The van der Waals surface area contributed by atoms with Crippen molar-refractivity contribution in [1.82, 2.24) is 9.97 Å². The van der Waals surface area contributed by atoms with Crippen molar-refractivity contribution in [3.05, 3.63) is 24.3 Å². The van der Waals surface area contributed by atoms with Gasteiger partial charge in [-0.15, -0.1) is 0 Å². The van der Waals surface area contributed by atoms with Crippen molar-refractivity contribution in [2.75, 3.05) is 17.6 Å². The summed E-state index contributed by atoms with van der Waals surface area (Å²) in [5, 5.41) is 4.01. The molecule has 0 aliphatic rings. The maximum Gasteiger partial charge on any atom is 0.225 e. The average molecular weight is 273 g/mol. The molecule has 2 aromatic rings. The van der Waals surface area contributed by atoms with Crippen molar-refractivity contribution >= 4 is 28.6 Å². The molecule has 2 rings (SSSR count). The molecule has 0 bridgehead atoms. The molecule has 0 radical (unpaired) electrons. The van der Waals surface area contributed by atoms with Crippen LogP contribution in [-0.2, 0) is 4.79 Å². The Morgan fingerprint density at radius 3 is 2.75 bits per heavy atom. The van der Waals surface area contributed by atoms with Crippen LogP contribution in [0, 0.1) is 0 Å².